The topological polar surface area (TPSA) is 67.6 Å². The SMILES string of the molecule is N#Cc1ccc(Cl)cc1-n1cc(Cl)c(N)n1. The van der Waals surface area contributed by atoms with E-state index in [1.165, 1.54) is 10.9 Å². The second kappa shape index (κ2) is 4.05. The van der Waals surface area contributed by atoms with Gasteiger partial charge in [0.1, 0.15) is 11.1 Å². The summed E-state index contributed by atoms with van der Waals surface area (Å²) in [6.07, 6.45) is 1.53. The molecule has 0 aliphatic heterocycles. The van der Waals surface area contributed by atoms with Gasteiger partial charge < -0.3 is 5.73 Å². The zero-order chi connectivity index (χ0) is 11.7. The third-order valence-electron chi connectivity index (χ3n) is 2.02. The summed E-state index contributed by atoms with van der Waals surface area (Å²) < 4.78 is 1.43. The zero-order valence-electron chi connectivity index (χ0n) is 7.98. The number of hydrogen-bond donors (Lipinski definition) is 1. The van der Waals surface area contributed by atoms with Crippen LogP contribution in [0.5, 0.6) is 0 Å². The number of aromatic nitrogens is 2. The quantitative estimate of drug-likeness (QED) is 0.849. The Hall–Kier alpha value is -1.70. The highest BCUT2D eigenvalue weighted by molar-refractivity contribution is 6.32. The third kappa shape index (κ3) is 1.83. The Morgan fingerprint density at radius 3 is 2.69 bits per heavy atom. The van der Waals surface area contributed by atoms with Crippen molar-refractivity contribution in [1.82, 2.24) is 9.78 Å². The van der Waals surface area contributed by atoms with E-state index < -0.39 is 0 Å². The van der Waals surface area contributed by atoms with Gasteiger partial charge in [0.05, 0.1) is 17.4 Å². The average Bonchev–Trinajstić information content (AvgIpc) is 2.59. The average molecular weight is 253 g/mol. The van der Waals surface area contributed by atoms with Gasteiger partial charge in [-0.05, 0) is 18.2 Å². The van der Waals surface area contributed by atoms with Crippen molar-refractivity contribution < 1.29 is 0 Å². The molecule has 0 fully saturated rings. The van der Waals surface area contributed by atoms with Gasteiger partial charge in [0.2, 0.25) is 0 Å². The van der Waals surface area contributed by atoms with Gasteiger partial charge in [0.25, 0.3) is 0 Å². The molecule has 16 heavy (non-hydrogen) atoms. The molecule has 1 aromatic carbocycles. The van der Waals surface area contributed by atoms with Gasteiger partial charge in [-0.1, -0.05) is 23.2 Å². The van der Waals surface area contributed by atoms with Crippen molar-refractivity contribution in [1.29, 1.82) is 5.26 Å². The lowest BCUT2D eigenvalue weighted by Crippen LogP contribution is -1.99. The molecule has 0 bridgehead atoms. The number of benzene rings is 1. The van der Waals surface area contributed by atoms with E-state index in [1.54, 1.807) is 18.2 Å². The Labute approximate surface area is 102 Å². The standard InChI is InChI=1S/C10H6Cl2N4/c11-7-2-1-6(4-13)9(3-7)16-5-8(12)10(14)15-16/h1-3,5H,(H2,14,15). The van der Waals surface area contributed by atoms with Crippen molar-refractivity contribution in [2.45, 2.75) is 0 Å². The fourth-order valence-electron chi connectivity index (χ4n) is 1.28. The summed E-state index contributed by atoms with van der Waals surface area (Å²) in [5, 5.41) is 13.8. The summed E-state index contributed by atoms with van der Waals surface area (Å²) in [6.45, 7) is 0. The minimum absolute atomic E-state index is 0.213. The maximum atomic E-state index is 8.95. The van der Waals surface area contributed by atoms with Crippen molar-refractivity contribution >= 4 is 29.0 Å². The Morgan fingerprint density at radius 2 is 2.12 bits per heavy atom. The summed E-state index contributed by atoms with van der Waals surface area (Å²) in [6, 6.07) is 6.93. The van der Waals surface area contributed by atoms with E-state index in [0.717, 1.165) is 0 Å². The molecule has 0 saturated carbocycles. The number of rotatable bonds is 1. The van der Waals surface area contributed by atoms with Crippen LogP contribution in [0.25, 0.3) is 5.69 Å². The van der Waals surface area contributed by atoms with Gasteiger partial charge in [-0.3, -0.25) is 0 Å². The normalized spacial score (nSPS) is 10.1. The van der Waals surface area contributed by atoms with Crippen LogP contribution in [0, 0.1) is 11.3 Å². The highest BCUT2D eigenvalue weighted by Gasteiger charge is 2.09. The van der Waals surface area contributed by atoms with Crippen LogP contribution in [0.1, 0.15) is 5.56 Å². The van der Waals surface area contributed by atoms with E-state index >= 15 is 0 Å². The first kappa shape index (κ1) is 10.8. The van der Waals surface area contributed by atoms with E-state index in [-0.39, 0.29) is 5.82 Å². The Bertz CT molecular complexity index is 563. The molecule has 2 N–H and O–H groups in total. The Morgan fingerprint density at radius 1 is 1.38 bits per heavy atom. The molecule has 0 spiro atoms. The molecular formula is C10H6Cl2N4. The second-order valence-electron chi connectivity index (χ2n) is 3.08. The maximum absolute atomic E-state index is 8.95. The first-order valence-corrected chi connectivity index (χ1v) is 5.08. The Balaban J connectivity index is 2.63. The van der Waals surface area contributed by atoms with E-state index in [9.17, 15) is 0 Å². The van der Waals surface area contributed by atoms with Crippen LogP contribution < -0.4 is 5.73 Å². The molecule has 2 aromatic rings. The summed E-state index contributed by atoms with van der Waals surface area (Å²) >= 11 is 11.6. The molecule has 0 radical (unpaired) electrons. The molecule has 0 aliphatic rings. The smallest absolute Gasteiger partial charge is 0.164 e. The van der Waals surface area contributed by atoms with Crippen molar-refractivity contribution in [2.75, 3.05) is 5.73 Å². The highest BCUT2D eigenvalue weighted by atomic mass is 35.5. The van der Waals surface area contributed by atoms with Crippen molar-refractivity contribution in [3.63, 3.8) is 0 Å². The molecule has 6 heteroatoms. The summed E-state index contributed by atoms with van der Waals surface area (Å²) in [5.74, 6) is 0.213. The van der Waals surface area contributed by atoms with Gasteiger partial charge in [0.15, 0.2) is 5.82 Å². The highest BCUT2D eigenvalue weighted by Crippen LogP contribution is 2.23. The lowest BCUT2D eigenvalue weighted by Gasteiger charge is -2.03. The van der Waals surface area contributed by atoms with Crippen molar-refractivity contribution in [3.8, 4) is 11.8 Å². The van der Waals surface area contributed by atoms with Crippen LogP contribution in [0.15, 0.2) is 24.4 Å². The minimum Gasteiger partial charge on any atom is -0.381 e. The molecule has 0 amide bonds. The number of hydrogen-bond acceptors (Lipinski definition) is 3. The predicted octanol–water partition coefficient (Wildman–Crippen LogP) is 2.63. The lowest BCUT2D eigenvalue weighted by molar-refractivity contribution is 0.883. The van der Waals surface area contributed by atoms with Crippen LogP contribution >= 0.6 is 23.2 Å². The molecular weight excluding hydrogens is 247 g/mol. The van der Waals surface area contributed by atoms with E-state index in [4.69, 9.17) is 34.2 Å². The number of anilines is 1. The molecule has 0 atom stereocenters. The number of nitrogen functional groups attached to an aromatic ring is 1. The molecule has 1 aromatic heterocycles. The van der Waals surface area contributed by atoms with Crippen molar-refractivity contribution in [3.05, 3.63) is 40.0 Å². The molecule has 1 heterocycles. The van der Waals surface area contributed by atoms with Crippen LogP contribution in [0.2, 0.25) is 10.0 Å². The molecule has 2 rings (SSSR count). The molecule has 0 aliphatic carbocycles. The summed E-state index contributed by atoms with van der Waals surface area (Å²) in [5.41, 5.74) is 6.53. The Kier molecular flexibility index (Phi) is 2.73. The molecule has 4 nitrogen and oxygen atoms in total. The van der Waals surface area contributed by atoms with Gasteiger partial charge >= 0.3 is 0 Å². The van der Waals surface area contributed by atoms with Crippen LogP contribution in [0.4, 0.5) is 5.82 Å². The van der Waals surface area contributed by atoms with Crippen LogP contribution in [-0.4, -0.2) is 9.78 Å². The number of nitrogens with zero attached hydrogens (tertiary/aromatic N) is 3. The number of halogens is 2. The molecule has 0 saturated heterocycles. The van der Waals surface area contributed by atoms with E-state index in [2.05, 4.69) is 5.10 Å². The minimum atomic E-state index is 0.213. The van der Waals surface area contributed by atoms with Gasteiger partial charge in [0, 0.05) is 5.02 Å². The predicted molar refractivity (Wildman–Crippen MR) is 62.7 cm³/mol. The summed E-state index contributed by atoms with van der Waals surface area (Å²) in [4.78, 5) is 0. The van der Waals surface area contributed by atoms with E-state index in [0.29, 0.717) is 21.3 Å². The monoisotopic (exact) mass is 252 g/mol. The summed E-state index contributed by atoms with van der Waals surface area (Å²) in [7, 11) is 0. The molecule has 0 unspecified atom stereocenters. The fraction of sp³-hybridized carbons (Fsp3) is 0. The number of nitriles is 1. The third-order valence-corrected chi connectivity index (χ3v) is 2.55. The van der Waals surface area contributed by atoms with Gasteiger partial charge in [-0.15, -0.1) is 5.10 Å². The lowest BCUT2D eigenvalue weighted by atomic mass is 10.2. The van der Waals surface area contributed by atoms with Gasteiger partial charge in [-0.25, -0.2) is 4.68 Å². The first-order valence-electron chi connectivity index (χ1n) is 4.32. The van der Waals surface area contributed by atoms with Crippen LogP contribution in [-0.2, 0) is 0 Å². The van der Waals surface area contributed by atoms with Gasteiger partial charge in [-0.2, -0.15) is 5.26 Å². The van der Waals surface area contributed by atoms with E-state index in [1.807, 2.05) is 6.07 Å². The van der Waals surface area contributed by atoms with Crippen molar-refractivity contribution in [2.24, 2.45) is 0 Å². The largest absolute Gasteiger partial charge is 0.381 e. The first-order chi connectivity index (χ1) is 7.61. The zero-order valence-corrected chi connectivity index (χ0v) is 9.50. The second-order valence-corrected chi connectivity index (χ2v) is 3.92. The molecule has 80 valence electrons. The fourth-order valence-corrected chi connectivity index (χ4v) is 1.58. The number of nitrogens with two attached hydrogens (primary N) is 1. The van der Waals surface area contributed by atoms with Crippen LogP contribution in [0.3, 0.4) is 0 Å². The maximum Gasteiger partial charge on any atom is 0.164 e.